The standard InChI is InChI=1S/C33H44N15O20P3S/c1-58-21-19(67-69(53,54)60-3)13(64-29(21)47-9-38-17-24(47)41-32(35)44-27(17)51)6-61-70(55,56)68-20-14(65-30(22(20)59-2)48-10-39-18-25(48)42-33(36)45-28(18)52)7-62-71(57,72)66-11-4-15(63-12(11)5-49)46-8-37-16-23(46)40-31(34)43-26(16)50/h8-15,19-22,29-30,49H,4-7H2,1-3H3,(H,53,54)(H,55,56)(H,57,72)(H3,34,40,43,50)(H3,35,41,44,51)(H3,36,42,45,52)/t11?,12-,13-,14-,15-,19?,20?,21?,22?,29-,30-,71?/m1/s1. The molecule has 8 unspecified atom stereocenters. The van der Waals surface area contributed by atoms with E-state index in [1.165, 1.54) is 34.2 Å². The average molecular weight is 1100 g/mol. The molecule has 0 radical (unpaired) electrons. The van der Waals surface area contributed by atoms with Crippen LogP contribution in [0.4, 0.5) is 17.8 Å². The summed E-state index contributed by atoms with van der Waals surface area (Å²) in [7, 11) is -7.04. The quantitative estimate of drug-likeness (QED) is 0.0320. The number of aliphatic hydroxyl groups excluding tert-OH is 1. The van der Waals surface area contributed by atoms with Gasteiger partial charge in [0.15, 0.2) is 45.9 Å². The Hall–Kier alpha value is -5.07. The van der Waals surface area contributed by atoms with Crippen LogP contribution in [0.25, 0.3) is 33.5 Å². The Bertz CT molecular complexity index is 3330. The fourth-order valence-electron chi connectivity index (χ4n) is 8.36. The molecule has 9 rings (SSSR count). The van der Waals surface area contributed by atoms with Crippen molar-refractivity contribution < 1.29 is 79.4 Å². The summed E-state index contributed by atoms with van der Waals surface area (Å²) in [6, 6.07) is 0. The zero-order chi connectivity index (χ0) is 51.6. The first-order valence-electron chi connectivity index (χ1n) is 20.8. The first-order chi connectivity index (χ1) is 34.1. The summed E-state index contributed by atoms with van der Waals surface area (Å²) < 4.78 is 107. The van der Waals surface area contributed by atoms with Crippen molar-refractivity contribution in [3.05, 3.63) is 50.0 Å². The lowest BCUT2D eigenvalue weighted by Gasteiger charge is -2.27. The number of phosphoric acid groups is 2. The van der Waals surface area contributed by atoms with E-state index in [9.17, 15) is 43.0 Å². The molecule has 14 atom stereocenters. The first-order valence-corrected chi connectivity index (χ1v) is 26.5. The Labute approximate surface area is 405 Å². The van der Waals surface area contributed by atoms with Crippen LogP contribution in [0.3, 0.4) is 0 Å². The lowest BCUT2D eigenvalue weighted by molar-refractivity contribution is -0.0626. The largest absolute Gasteiger partial charge is 0.472 e. The van der Waals surface area contributed by atoms with E-state index in [0.29, 0.717) is 0 Å². The van der Waals surface area contributed by atoms with Crippen LogP contribution in [0.1, 0.15) is 25.1 Å². The fourth-order valence-corrected chi connectivity index (χ4v) is 11.5. The number of aliphatic hydroxyl groups is 1. The minimum absolute atomic E-state index is 0.0498. The number of aromatic nitrogens is 12. The van der Waals surface area contributed by atoms with Crippen molar-refractivity contribution in [1.82, 2.24) is 58.6 Å². The van der Waals surface area contributed by atoms with Gasteiger partial charge < -0.3 is 55.8 Å². The smallest absolute Gasteiger partial charge is 0.394 e. The zero-order valence-electron chi connectivity index (χ0n) is 37.2. The number of aromatic amines is 3. The third-order valence-corrected chi connectivity index (χ3v) is 15.1. The second kappa shape index (κ2) is 20.0. The predicted octanol–water partition coefficient (Wildman–Crippen LogP) is -1.69. The summed E-state index contributed by atoms with van der Waals surface area (Å²) in [5.74, 6) is -0.804. The number of H-pyrrole nitrogens is 3. The molecule has 39 heteroatoms. The molecule has 0 aliphatic carbocycles. The monoisotopic (exact) mass is 1100 g/mol. The number of thiol groups is 1. The summed E-state index contributed by atoms with van der Waals surface area (Å²) in [6.45, 7) is -6.93. The Balaban J connectivity index is 0.963. The molecule has 3 saturated heterocycles. The zero-order valence-corrected chi connectivity index (χ0v) is 40.8. The number of hydrogen-bond acceptors (Lipinski definition) is 27. The lowest BCUT2D eigenvalue weighted by Crippen LogP contribution is -2.38. The van der Waals surface area contributed by atoms with Crippen molar-refractivity contribution >= 4 is 86.0 Å². The van der Waals surface area contributed by atoms with Gasteiger partial charge in [0, 0.05) is 27.8 Å². The third kappa shape index (κ3) is 10.1. The molecule has 0 spiro atoms. The van der Waals surface area contributed by atoms with Gasteiger partial charge in [-0.2, -0.15) is 15.0 Å². The maximum absolute atomic E-state index is 14.1. The van der Waals surface area contributed by atoms with Gasteiger partial charge in [0.1, 0.15) is 55.1 Å². The van der Waals surface area contributed by atoms with Gasteiger partial charge in [-0.05, 0) is 0 Å². The van der Waals surface area contributed by atoms with Crippen molar-refractivity contribution in [3.63, 3.8) is 0 Å². The van der Waals surface area contributed by atoms with Crippen LogP contribution in [-0.4, -0.2) is 163 Å². The molecule has 0 saturated carbocycles. The van der Waals surface area contributed by atoms with Crippen molar-refractivity contribution in [2.75, 3.05) is 58.4 Å². The maximum Gasteiger partial charge on any atom is 0.472 e. The van der Waals surface area contributed by atoms with Crippen LogP contribution in [0, 0.1) is 0 Å². The molecule has 9 heterocycles. The Kier molecular flexibility index (Phi) is 14.4. The van der Waals surface area contributed by atoms with Crippen molar-refractivity contribution in [2.24, 2.45) is 0 Å². The van der Waals surface area contributed by atoms with E-state index >= 15 is 0 Å². The van der Waals surface area contributed by atoms with Gasteiger partial charge in [-0.15, -0.1) is 0 Å². The molecular formula is C33H44N15O20P3S. The minimum Gasteiger partial charge on any atom is -0.394 e. The van der Waals surface area contributed by atoms with Crippen LogP contribution in [-0.2, 0) is 64.5 Å². The van der Waals surface area contributed by atoms with Gasteiger partial charge in [-0.1, -0.05) is 12.2 Å². The highest BCUT2D eigenvalue weighted by atomic mass is 32.7. The van der Waals surface area contributed by atoms with Crippen molar-refractivity contribution in [3.8, 4) is 0 Å². The first kappa shape index (κ1) is 51.8. The molecule has 72 heavy (non-hydrogen) atoms. The molecule has 0 aromatic carbocycles. The van der Waals surface area contributed by atoms with E-state index in [0.717, 1.165) is 19.8 Å². The van der Waals surface area contributed by atoms with Gasteiger partial charge in [0.25, 0.3) is 16.7 Å². The van der Waals surface area contributed by atoms with E-state index in [2.05, 4.69) is 61.6 Å². The number of methoxy groups -OCH3 is 2. The number of imidazole rings is 3. The van der Waals surface area contributed by atoms with Gasteiger partial charge in [0.2, 0.25) is 17.8 Å². The lowest BCUT2D eigenvalue weighted by atomic mass is 10.1. The second-order valence-corrected chi connectivity index (χ2v) is 21.7. The van der Waals surface area contributed by atoms with E-state index in [-0.39, 0.29) is 57.8 Å². The molecule has 0 bridgehead atoms. The molecule has 6 aromatic heterocycles. The van der Waals surface area contributed by atoms with E-state index < -0.39 is 126 Å². The number of hydrogen-bond donors (Lipinski definition) is 10. The molecule has 6 aromatic rings. The number of anilines is 3. The number of nitrogens with zero attached hydrogens (tertiary/aromatic N) is 9. The van der Waals surface area contributed by atoms with Crippen molar-refractivity contribution in [1.29, 1.82) is 0 Å². The highest BCUT2D eigenvalue weighted by Crippen LogP contribution is 2.58. The Morgan fingerprint density at radius 3 is 1.53 bits per heavy atom. The van der Waals surface area contributed by atoms with Gasteiger partial charge in [0.05, 0.1) is 38.8 Å². The van der Waals surface area contributed by atoms with Gasteiger partial charge >= 0.3 is 22.4 Å². The molecular weight excluding hydrogens is 1050 g/mol. The van der Waals surface area contributed by atoms with E-state index in [4.69, 9.17) is 63.5 Å². The number of rotatable bonds is 19. The van der Waals surface area contributed by atoms with Crippen LogP contribution in [0.15, 0.2) is 33.4 Å². The Morgan fingerprint density at radius 1 is 0.653 bits per heavy atom. The summed E-state index contributed by atoms with van der Waals surface area (Å²) in [4.78, 5) is 91.0. The summed E-state index contributed by atoms with van der Waals surface area (Å²) in [6.07, 6.45) is -11.9. The molecule has 3 aliphatic rings. The number of nitrogens with two attached hydrogens (primary N) is 3. The molecule has 392 valence electrons. The highest BCUT2D eigenvalue weighted by Gasteiger charge is 2.54. The van der Waals surface area contributed by atoms with E-state index in [1.807, 2.05) is 0 Å². The summed E-state index contributed by atoms with van der Waals surface area (Å²) in [5, 5.41) is 10.2. The average Bonchev–Trinajstić information content (AvgIpc) is 4.18. The number of ether oxygens (including phenoxy) is 5. The molecule has 3 fully saturated rings. The summed E-state index contributed by atoms with van der Waals surface area (Å²) >= 11 is 4.15. The van der Waals surface area contributed by atoms with Gasteiger partial charge in [-0.3, -0.25) is 70.2 Å². The molecule has 0 amide bonds. The van der Waals surface area contributed by atoms with Crippen molar-refractivity contribution in [2.45, 2.75) is 73.9 Å². The molecule has 3 aliphatic heterocycles. The minimum atomic E-state index is -5.42. The SMILES string of the molecule is COC1C(OP(=O)(O)OC)[C@@H](COP(=O)(O)OC2C(OC)[C@H](n3cnc4c(=O)[nH]c(N)nc43)O[C@@H]2COP(=O)(S)OC2C[C@H](n3cnc4c(=O)[nH]c(N)nc43)O[C@@H]2CO)O[C@H]1n1cnc2c(=O)[nH]c(N)nc21. The summed E-state index contributed by atoms with van der Waals surface area (Å²) in [5.41, 5.74) is 14.7. The highest BCUT2D eigenvalue weighted by molar-refractivity contribution is 8.44. The molecule has 12 N–H and O–H groups in total. The normalized spacial score (nSPS) is 29.3. The van der Waals surface area contributed by atoms with Crippen LogP contribution in [0.2, 0.25) is 0 Å². The van der Waals surface area contributed by atoms with E-state index in [1.54, 1.807) is 0 Å². The van der Waals surface area contributed by atoms with Crippen LogP contribution < -0.4 is 33.9 Å². The Morgan fingerprint density at radius 2 is 1.08 bits per heavy atom. The van der Waals surface area contributed by atoms with Crippen LogP contribution in [0.5, 0.6) is 0 Å². The second-order valence-electron chi connectivity index (χ2n) is 15.9. The number of phosphoric ester groups is 2. The maximum atomic E-state index is 14.1. The fraction of sp³-hybridized carbons (Fsp3) is 0.545. The predicted molar refractivity (Wildman–Crippen MR) is 242 cm³/mol. The molecule has 35 nitrogen and oxygen atoms in total. The number of nitrogen functional groups attached to an aromatic ring is 3. The number of fused-ring (bicyclic) bond motifs is 3. The van der Waals surface area contributed by atoms with Crippen LogP contribution >= 0.6 is 34.7 Å². The topological polar surface area (TPSA) is 482 Å². The third-order valence-electron chi connectivity index (χ3n) is 11.5. The van der Waals surface area contributed by atoms with Gasteiger partial charge in [-0.25, -0.2) is 28.6 Å². The number of nitrogens with one attached hydrogen (secondary N) is 3.